The molecule has 1 atom stereocenters. The number of nitro groups is 1. The van der Waals surface area contributed by atoms with Crippen LogP contribution in [0.2, 0.25) is 0 Å². The van der Waals surface area contributed by atoms with Gasteiger partial charge in [-0.25, -0.2) is 0 Å². The number of benzene rings is 2. The smallest absolute Gasteiger partial charge is 0.278 e. The number of nitrogens with zero attached hydrogens (tertiary/aromatic N) is 2. The zero-order valence-electron chi connectivity index (χ0n) is 11.5. The van der Waals surface area contributed by atoms with Crippen molar-refractivity contribution in [2.75, 3.05) is 0 Å². The molecule has 6 heteroatoms. The molecule has 6 nitrogen and oxygen atoms in total. The van der Waals surface area contributed by atoms with Crippen molar-refractivity contribution >= 4 is 17.2 Å². The first-order valence-electron chi connectivity index (χ1n) is 6.72. The van der Waals surface area contributed by atoms with Crippen molar-refractivity contribution in [3.05, 3.63) is 75.8 Å². The van der Waals surface area contributed by atoms with E-state index in [1.807, 2.05) is 6.07 Å². The van der Waals surface area contributed by atoms with Crippen LogP contribution in [-0.2, 0) is 4.84 Å². The second-order valence-corrected chi connectivity index (χ2v) is 4.84. The van der Waals surface area contributed by atoms with E-state index in [2.05, 4.69) is 5.16 Å². The predicted molar refractivity (Wildman–Crippen MR) is 79.9 cm³/mol. The number of carbonyl (C=O) groups excluding carboxylic acids is 1. The maximum atomic E-state index is 12.3. The summed E-state index contributed by atoms with van der Waals surface area (Å²) in [4.78, 5) is 28.1. The van der Waals surface area contributed by atoms with Crippen LogP contribution in [0.25, 0.3) is 0 Å². The molecule has 1 unspecified atom stereocenters. The summed E-state index contributed by atoms with van der Waals surface area (Å²) in [6, 6.07) is 15.1. The molecule has 0 saturated heterocycles. The average molecular weight is 296 g/mol. The molecule has 1 aliphatic heterocycles. The molecule has 1 aliphatic rings. The molecule has 110 valence electrons. The lowest BCUT2D eigenvalue weighted by Gasteiger charge is -2.06. The highest BCUT2D eigenvalue weighted by molar-refractivity contribution is 6.09. The van der Waals surface area contributed by atoms with E-state index in [0.717, 1.165) is 0 Å². The molecule has 22 heavy (non-hydrogen) atoms. The van der Waals surface area contributed by atoms with Crippen molar-refractivity contribution in [3.63, 3.8) is 0 Å². The molecule has 1 heterocycles. The molecule has 0 amide bonds. The Kier molecular flexibility index (Phi) is 3.65. The molecule has 2 aromatic rings. The van der Waals surface area contributed by atoms with Gasteiger partial charge in [-0.2, -0.15) is 0 Å². The number of hydrogen-bond acceptors (Lipinski definition) is 5. The second-order valence-electron chi connectivity index (χ2n) is 4.84. The Morgan fingerprint density at radius 1 is 1.14 bits per heavy atom. The Morgan fingerprint density at radius 2 is 1.82 bits per heavy atom. The number of rotatable bonds is 4. The average Bonchev–Trinajstić information content (AvgIpc) is 3.04. The Hall–Kier alpha value is -3.02. The minimum absolute atomic E-state index is 0.0438. The number of carbonyl (C=O) groups is 1. The number of para-hydroxylation sites is 1. The van der Waals surface area contributed by atoms with Gasteiger partial charge in [0.05, 0.1) is 16.2 Å². The van der Waals surface area contributed by atoms with Crippen LogP contribution in [0.15, 0.2) is 59.8 Å². The topological polar surface area (TPSA) is 81.8 Å². The van der Waals surface area contributed by atoms with Gasteiger partial charge in [-0.15, -0.1) is 0 Å². The van der Waals surface area contributed by atoms with E-state index >= 15 is 0 Å². The van der Waals surface area contributed by atoms with E-state index in [4.69, 9.17) is 4.84 Å². The summed E-state index contributed by atoms with van der Waals surface area (Å²) in [6.45, 7) is 0. The van der Waals surface area contributed by atoms with Crippen LogP contribution in [-0.4, -0.2) is 22.5 Å². The zero-order valence-corrected chi connectivity index (χ0v) is 11.5. The molecular formula is C16H12N2O4. The molecule has 0 saturated carbocycles. The monoisotopic (exact) mass is 296 g/mol. The van der Waals surface area contributed by atoms with Crippen LogP contribution < -0.4 is 0 Å². The number of Topliss-reactive ketones (excluding diaryl/α,β-unsaturated/α-hetero) is 1. The maximum Gasteiger partial charge on any atom is 0.278 e. The van der Waals surface area contributed by atoms with Crippen LogP contribution in [0.1, 0.15) is 22.3 Å². The third-order valence-corrected chi connectivity index (χ3v) is 3.43. The molecule has 0 aliphatic carbocycles. The highest BCUT2D eigenvalue weighted by atomic mass is 16.6. The molecule has 0 aromatic heterocycles. The Morgan fingerprint density at radius 3 is 2.55 bits per heavy atom. The lowest BCUT2D eigenvalue weighted by Crippen LogP contribution is -2.21. The van der Waals surface area contributed by atoms with Gasteiger partial charge < -0.3 is 4.84 Å². The van der Waals surface area contributed by atoms with Gasteiger partial charge in [-0.05, 0) is 6.07 Å². The molecule has 0 bridgehead atoms. The molecule has 3 rings (SSSR count). The standard InChI is InChI=1S/C16H12N2O4/c19-16(11-6-2-1-3-7-11)15-10-13(17-22-15)12-8-4-5-9-14(12)18(20)21/h1-9,15H,10H2. The van der Waals surface area contributed by atoms with Crippen LogP contribution in [0.3, 0.4) is 0 Å². The lowest BCUT2D eigenvalue weighted by atomic mass is 9.98. The van der Waals surface area contributed by atoms with E-state index < -0.39 is 11.0 Å². The van der Waals surface area contributed by atoms with Gasteiger partial charge in [0, 0.05) is 18.1 Å². The SMILES string of the molecule is O=C(c1ccccc1)C1CC(c2ccccc2[N+](=O)[O-])=NO1. The number of oxime groups is 1. The fourth-order valence-electron chi connectivity index (χ4n) is 2.34. The fraction of sp³-hybridized carbons (Fsp3) is 0.125. The van der Waals surface area contributed by atoms with Gasteiger partial charge in [0.1, 0.15) is 0 Å². The molecule has 0 N–H and O–H groups in total. The summed E-state index contributed by atoms with van der Waals surface area (Å²) in [5.41, 5.74) is 1.29. The zero-order chi connectivity index (χ0) is 15.5. The summed E-state index contributed by atoms with van der Waals surface area (Å²) in [5, 5.41) is 14.9. The highest BCUT2D eigenvalue weighted by Crippen LogP contribution is 2.25. The predicted octanol–water partition coefficient (Wildman–Crippen LogP) is 2.97. The van der Waals surface area contributed by atoms with Gasteiger partial charge in [0.15, 0.2) is 6.10 Å². The third kappa shape index (κ3) is 2.58. The fourth-order valence-corrected chi connectivity index (χ4v) is 2.34. The van der Waals surface area contributed by atoms with Crippen molar-refractivity contribution in [2.24, 2.45) is 5.16 Å². The first kappa shape index (κ1) is 13.9. The first-order chi connectivity index (χ1) is 10.7. The lowest BCUT2D eigenvalue weighted by molar-refractivity contribution is -0.385. The maximum absolute atomic E-state index is 12.3. The summed E-state index contributed by atoms with van der Waals surface area (Å²) in [6.07, 6.45) is -0.518. The second kappa shape index (κ2) is 5.77. The molecular weight excluding hydrogens is 284 g/mol. The number of nitro benzene ring substituents is 1. The van der Waals surface area contributed by atoms with Crippen LogP contribution in [0.4, 0.5) is 5.69 Å². The highest BCUT2D eigenvalue weighted by Gasteiger charge is 2.32. The first-order valence-corrected chi connectivity index (χ1v) is 6.72. The van der Waals surface area contributed by atoms with E-state index in [-0.39, 0.29) is 17.9 Å². The summed E-state index contributed by atoms with van der Waals surface area (Å²) >= 11 is 0. The normalized spacial score (nSPS) is 16.7. The van der Waals surface area contributed by atoms with Crippen molar-refractivity contribution in [2.45, 2.75) is 12.5 Å². The molecule has 0 fully saturated rings. The van der Waals surface area contributed by atoms with Gasteiger partial charge in [-0.3, -0.25) is 14.9 Å². The van der Waals surface area contributed by atoms with Gasteiger partial charge in [0.2, 0.25) is 5.78 Å². The Bertz CT molecular complexity index is 756. The van der Waals surface area contributed by atoms with Crippen LogP contribution >= 0.6 is 0 Å². The quantitative estimate of drug-likeness (QED) is 0.493. The minimum atomic E-state index is -0.739. The summed E-state index contributed by atoms with van der Waals surface area (Å²) < 4.78 is 0. The van der Waals surface area contributed by atoms with Crippen molar-refractivity contribution < 1.29 is 14.6 Å². The molecule has 0 radical (unpaired) electrons. The van der Waals surface area contributed by atoms with E-state index in [9.17, 15) is 14.9 Å². The number of hydrogen-bond donors (Lipinski definition) is 0. The van der Waals surface area contributed by atoms with E-state index in [1.54, 1.807) is 42.5 Å². The van der Waals surface area contributed by atoms with Crippen molar-refractivity contribution in [3.8, 4) is 0 Å². The molecule has 0 spiro atoms. The summed E-state index contributed by atoms with van der Waals surface area (Å²) in [7, 11) is 0. The summed E-state index contributed by atoms with van der Waals surface area (Å²) in [5.74, 6) is -0.182. The largest absolute Gasteiger partial charge is 0.383 e. The molecule has 2 aromatic carbocycles. The van der Waals surface area contributed by atoms with E-state index in [1.165, 1.54) is 6.07 Å². The number of ketones is 1. The van der Waals surface area contributed by atoms with Crippen LogP contribution in [0, 0.1) is 10.1 Å². The van der Waals surface area contributed by atoms with Crippen molar-refractivity contribution in [1.82, 2.24) is 0 Å². The van der Waals surface area contributed by atoms with Gasteiger partial charge >= 0.3 is 0 Å². The Labute approximate surface area is 126 Å². The Balaban J connectivity index is 1.81. The minimum Gasteiger partial charge on any atom is -0.383 e. The van der Waals surface area contributed by atoms with Crippen molar-refractivity contribution in [1.29, 1.82) is 0 Å². The van der Waals surface area contributed by atoms with Crippen LogP contribution in [0.5, 0.6) is 0 Å². The third-order valence-electron chi connectivity index (χ3n) is 3.43. The van der Waals surface area contributed by atoms with Gasteiger partial charge in [0.25, 0.3) is 5.69 Å². The van der Waals surface area contributed by atoms with Gasteiger partial charge in [-0.1, -0.05) is 47.6 Å². The van der Waals surface area contributed by atoms with E-state index in [0.29, 0.717) is 16.8 Å².